The molecule has 0 heterocycles. The maximum Gasteiger partial charge on any atom is 0.324 e. The molecule has 0 aromatic heterocycles. The van der Waals surface area contributed by atoms with Gasteiger partial charge in [0.1, 0.15) is 5.54 Å². The van der Waals surface area contributed by atoms with Gasteiger partial charge >= 0.3 is 5.97 Å². The van der Waals surface area contributed by atoms with E-state index < -0.39 is 11.5 Å². The average molecular weight is 186 g/mol. The second-order valence-corrected chi connectivity index (χ2v) is 4.02. The van der Waals surface area contributed by atoms with Gasteiger partial charge in [-0.15, -0.1) is 0 Å². The Kier molecular flexibility index (Phi) is 2.93. The highest BCUT2D eigenvalue weighted by atomic mass is 16.4. The van der Waals surface area contributed by atoms with Crippen molar-refractivity contribution in [1.82, 2.24) is 4.90 Å². The Bertz CT molecular complexity index is 200. The smallest absolute Gasteiger partial charge is 0.324 e. The van der Waals surface area contributed by atoms with Crippen molar-refractivity contribution in [3.8, 4) is 0 Å². The van der Waals surface area contributed by atoms with Crippen LogP contribution in [0.1, 0.15) is 26.7 Å². The van der Waals surface area contributed by atoms with Gasteiger partial charge in [-0.25, -0.2) is 0 Å². The molecule has 76 valence electrons. The molecule has 4 nitrogen and oxygen atoms in total. The molecule has 0 radical (unpaired) electrons. The zero-order valence-electron chi connectivity index (χ0n) is 8.29. The largest absolute Gasteiger partial charge is 0.480 e. The first-order valence-electron chi connectivity index (χ1n) is 4.73. The normalized spacial score (nSPS) is 21.5. The van der Waals surface area contributed by atoms with Gasteiger partial charge in [0.15, 0.2) is 0 Å². The van der Waals surface area contributed by atoms with Gasteiger partial charge < -0.3 is 10.8 Å². The number of carboxylic acid groups (broad SMARTS) is 1. The standard InChI is InChI=1S/C9H18N2O2/c1-3-11(7-4-5-7)6-9(2,10)8(12)13/h7H,3-6,10H2,1-2H3,(H,12,13). The molecule has 1 aliphatic carbocycles. The minimum absolute atomic E-state index is 0.448. The molecule has 0 saturated heterocycles. The summed E-state index contributed by atoms with van der Waals surface area (Å²) >= 11 is 0. The monoisotopic (exact) mass is 186 g/mol. The number of nitrogens with zero attached hydrogens (tertiary/aromatic N) is 1. The van der Waals surface area contributed by atoms with Gasteiger partial charge in [-0.2, -0.15) is 0 Å². The minimum Gasteiger partial charge on any atom is -0.480 e. The lowest BCUT2D eigenvalue weighted by Gasteiger charge is -2.28. The third-order valence-corrected chi connectivity index (χ3v) is 2.49. The van der Waals surface area contributed by atoms with Gasteiger partial charge in [0.05, 0.1) is 0 Å². The molecule has 1 saturated carbocycles. The number of aliphatic carboxylic acids is 1. The summed E-state index contributed by atoms with van der Waals surface area (Å²) in [6.07, 6.45) is 2.37. The van der Waals surface area contributed by atoms with Gasteiger partial charge in [0, 0.05) is 12.6 Å². The van der Waals surface area contributed by atoms with Gasteiger partial charge in [-0.05, 0) is 26.3 Å². The van der Waals surface area contributed by atoms with E-state index >= 15 is 0 Å². The van der Waals surface area contributed by atoms with Crippen LogP contribution in [0.2, 0.25) is 0 Å². The Hall–Kier alpha value is -0.610. The van der Waals surface area contributed by atoms with E-state index in [1.54, 1.807) is 6.92 Å². The second-order valence-electron chi connectivity index (χ2n) is 4.02. The second kappa shape index (κ2) is 3.64. The molecule has 1 fully saturated rings. The molecule has 1 unspecified atom stereocenters. The molecule has 4 heteroatoms. The van der Waals surface area contributed by atoms with Gasteiger partial charge in [0.2, 0.25) is 0 Å². The number of likely N-dealkylation sites (N-methyl/N-ethyl adjacent to an activating group) is 1. The number of carboxylic acids is 1. The van der Waals surface area contributed by atoms with Crippen LogP contribution in [0, 0.1) is 0 Å². The van der Waals surface area contributed by atoms with Crippen LogP contribution in [-0.2, 0) is 4.79 Å². The SMILES string of the molecule is CCN(CC(C)(N)C(=O)O)C1CC1. The Morgan fingerprint density at radius 2 is 2.23 bits per heavy atom. The number of hydrogen-bond donors (Lipinski definition) is 2. The van der Waals surface area contributed by atoms with Crippen molar-refractivity contribution in [3.05, 3.63) is 0 Å². The molecule has 13 heavy (non-hydrogen) atoms. The number of rotatable bonds is 5. The summed E-state index contributed by atoms with van der Waals surface area (Å²) in [5.74, 6) is -0.924. The summed E-state index contributed by atoms with van der Waals surface area (Å²) in [6, 6.07) is 0.576. The zero-order chi connectivity index (χ0) is 10.1. The molecule has 0 amide bonds. The predicted molar refractivity (Wildman–Crippen MR) is 50.5 cm³/mol. The Morgan fingerprint density at radius 3 is 2.54 bits per heavy atom. The third kappa shape index (κ3) is 2.67. The highest BCUT2D eigenvalue weighted by molar-refractivity contribution is 5.78. The van der Waals surface area contributed by atoms with Crippen molar-refractivity contribution in [3.63, 3.8) is 0 Å². The van der Waals surface area contributed by atoms with Crippen molar-refractivity contribution in [2.75, 3.05) is 13.1 Å². The van der Waals surface area contributed by atoms with Crippen LogP contribution in [0.15, 0.2) is 0 Å². The molecule has 3 N–H and O–H groups in total. The van der Waals surface area contributed by atoms with Crippen LogP contribution in [-0.4, -0.2) is 40.6 Å². The van der Waals surface area contributed by atoms with Crippen molar-refractivity contribution in [2.45, 2.75) is 38.3 Å². The maximum atomic E-state index is 10.8. The molecule has 0 aromatic carbocycles. The van der Waals surface area contributed by atoms with E-state index in [1.165, 1.54) is 12.8 Å². The fourth-order valence-electron chi connectivity index (χ4n) is 1.43. The zero-order valence-corrected chi connectivity index (χ0v) is 8.29. The van der Waals surface area contributed by atoms with Gasteiger partial charge in [-0.1, -0.05) is 6.92 Å². The molecule has 0 aliphatic heterocycles. The van der Waals surface area contributed by atoms with Crippen LogP contribution < -0.4 is 5.73 Å². The summed E-state index contributed by atoms with van der Waals surface area (Å²) in [5, 5.41) is 8.84. The molecule has 1 aliphatic rings. The van der Waals surface area contributed by atoms with E-state index in [4.69, 9.17) is 10.8 Å². The lowest BCUT2D eigenvalue weighted by Crippen LogP contribution is -2.54. The summed E-state index contributed by atoms with van der Waals surface area (Å²) in [7, 11) is 0. The molecular formula is C9H18N2O2. The number of hydrogen-bond acceptors (Lipinski definition) is 3. The van der Waals surface area contributed by atoms with Crippen LogP contribution in [0.25, 0.3) is 0 Å². The van der Waals surface area contributed by atoms with Gasteiger partial charge in [0.25, 0.3) is 0 Å². The van der Waals surface area contributed by atoms with Crippen LogP contribution in [0.3, 0.4) is 0 Å². The topological polar surface area (TPSA) is 66.6 Å². The highest BCUT2D eigenvalue weighted by Gasteiger charge is 2.36. The van der Waals surface area contributed by atoms with Crippen molar-refractivity contribution < 1.29 is 9.90 Å². The lowest BCUT2D eigenvalue weighted by atomic mass is 10.0. The molecule has 0 aromatic rings. The first-order chi connectivity index (χ1) is 5.97. The molecule has 1 rings (SSSR count). The van der Waals surface area contributed by atoms with E-state index in [0.29, 0.717) is 12.6 Å². The predicted octanol–water partition coefficient (Wildman–Crippen LogP) is 0.273. The summed E-state index contributed by atoms with van der Waals surface area (Å²) in [4.78, 5) is 12.9. The fourth-order valence-corrected chi connectivity index (χ4v) is 1.43. The summed E-state index contributed by atoms with van der Waals surface area (Å²) in [6.45, 7) is 4.94. The van der Waals surface area contributed by atoms with Crippen molar-refractivity contribution >= 4 is 5.97 Å². The fraction of sp³-hybridized carbons (Fsp3) is 0.889. The lowest BCUT2D eigenvalue weighted by molar-refractivity contribution is -0.143. The minimum atomic E-state index is -1.11. The quantitative estimate of drug-likeness (QED) is 0.647. The first kappa shape index (κ1) is 10.5. The third-order valence-electron chi connectivity index (χ3n) is 2.49. The molecular weight excluding hydrogens is 168 g/mol. The maximum absolute atomic E-state index is 10.8. The summed E-state index contributed by atoms with van der Waals surface area (Å²) < 4.78 is 0. The number of carbonyl (C=O) groups is 1. The first-order valence-corrected chi connectivity index (χ1v) is 4.73. The Morgan fingerprint density at radius 1 is 1.69 bits per heavy atom. The van der Waals surface area contributed by atoms with Crippen LogP contribution >= 0.6 is 0 Å². The van der Waals surface area contributed by atoms with Crippen LogP contribution in [0.5, 0.6) is 0 Å². The van der Waals surface area contributed by atoms with E-state index in [-0.39, 0.29) is 0 Å². The highest BCUT2D eigenvalue weighted by Crippen LogP contribution is 2.27. The van der Waals surface area contributed by atoms with E-state index in [2.05, 4.69) is 4.90 Å². The Labute approximate surface area is 78.7 Å². The van der Waals surface area contributed by atoms with E-state index in [0.717, 1.165) is 6.54 Å². The molecule has 1 atom stereocenters. The van der Waals surface area contributed by atoms with Crippen molar-refractivity contribution in [1.29, 1.82) is 0 Å². The number of nitrogens with two attached hydrogens (primary N) is 1. The molecule has 0 spiro atoms. The van der Waals surface area contributed by atoms with E-state index in [9.17, 15) is 4.79 Å². The Balaban J connectivity index is 2.48. The van der Waals surface area contributed by atoms with Crippen molar-refractivity contribution in [2.24, 2.45) is 5.73 Å². The molecule has 0 bridgehead atoms. The van der Waals surface area contributed by atoms with Gasteiger partial charge in [-0.3, -0.25) is 9.69 Å². The van der Waals surface area contributed by atoms with Crippen LogP contribution in [0.4, 0.5) is 0 Å². The van der Waals surface area contributed by atoms with E-state index in [1.807, 2.05) is 6.92 Å². The average Bonchev–Trinajstić information content (AvgIpc) is 2.82. The summed E-state index contributed by atoms with van der Waals surface area (Å²) in [5.41, 5.74) is 4.55.